The number of ether oxygens (including phenoxy) is 4. The van der Waals surface area contributed by atoms with E-state index < -0.39 is 23.3 Å². The van der Waals surface area contributed by atoms with Crippen molar-refractivity contribution < 1.29 is 28.5 Å². The van der Waals surface area contributed by atoms with Crippen molar-refractivity contribution in [1.82, 2.24) is 0 Å². The van der Waals surface area contributed by atoms with Crippen LogP contribution in [0.1, 0.15) is 18.4 Å². The summed E-state index contributed by atoms with van der Waals surface area (Å²) in [7, 11) is 5.20. The van der Waals surface area contributed by atoms with Crippen LogP contribution in [0.4, 0.5) is 0 Å². The maximum absolute atomic E-state index is 13.0. The fourth-order valence-corrected chi connectivity index (χ4v) is 3.34. The third kappa shape index (κ3) is 5.16. The van der Waals surface area contributed by atoms with E-state index in [1.165, 1.54) is 39.5 Å². The molecule has 8 heteroatoms. The molecule has 0 amide bonds. The van der Waals surface area contributed by atoms with Gasteiger partial charge in [-0.15, -0.1) is 13.2 Å². The molecule has 0 saturated heterocycles. The summed E-state index contributed by atoms with van der Waals surface area (Å²) in [6.45, 7) is 7.28. The summed E-state index contributed by atoms with van der Waals surface area (Å²) in [5.74, 6) is -2.10. The summed E-state index contributed by atoms with van der Waals surface area (Å²) >= 11 is 0. The lowest BCUT2D eigenvalue weighted by Gasteiger charge is -2.27. The average molecular weight is 438 g/mol. The van der Waals surface area contributed by atoms with Crippen LogP contribution in [0.2, 0.25) is 0 Å². The molecule has 0 aromatic heterocycles. The first-order valence-corrected chi connectivity index (χ1v) is 9.52. The van der Waals surface area contributed by atoms with E-state index in [-0.39, 0.29) is 24.0 Å². The number of nitriles is 2. The van der Waals surface area contributed by atoms with Crippen molar-refractivity contribution in [1.29, 1.82) is 10.5 Å². The van der Waals surface area contributed by atoms with Gasteiger partial charge in [0.15, 0.2) is 16.9 Å². The topological polar surface area (TPSA) is 119 Å². The third-order valence-corrected chi connectivity index (χ3v) is 4.84. The third-order valence-electron chi connectivity index (χ3n) is 4.84. The predicted octanol–water partition coefficient (Wildman–Crippen LogP) is 3.61. The van der Waals surface area contributed by atoms with Gasteiger partial charge in [-0.2, -0.15) is 10.5 Å². The maximum atomic E-state index is 13.0. The Labute approximate surface area is 187 Å². The van der Waals surface area contributed by atoms with Crippen LogP contribution in [0, 0.1) is 34.0 Å². The molecule has 1 aromatic rings. The Balaban J connectivity index is 4.27. The van der Waals surface area contributed by atoms with Gasteiger partial charge in [-0.3, -0.25) is 4.79 Å². The van der Waals surface area contributed by atoms with Gasteiger partial charge in [0.05, 0.1) is 52.1 Å². The molecule has 8 nitrogen and oxygen atoms in total. The van der Waals surface area contributed by atoms with Crippen LogP contribution in [-0.4, -0.2) is 40.4 Å². The van der Waals surface area contributed by atoms with Crippen molar-refractivity contribution in [2.75, 3.05) is 28.4 Å². The summed E-state index contributed by atoms with van der Waals surface area (Å²) < 4.78 is 20.5. The molecule has 0 aliphatic rings. The molecule has 0 bridgehead atoms. The number of allylic oxidation sites excluding steroid dienone is 3. The van der Waals surface area contributed by atoms with Crippen molar-refractivity contribution in [2.24, 2.45) is 11.3 Å². The quantitative estimate of drug-likeness (QED) is 0.292. The van der Waals surface area contributed by atoms with Gasteiger partial charge in [0.1, 0.15) is 0 Å². The molecule has 0 spiro atoms. The Kier molecular flexibility index (Phi) is 9.72. The second-order valence-corrected chi connectivity index (χ2v) is 6.57. The first-order chi connectivity index (χ1) is 15.3. The highest BCUT2D eigenvalue weighted by Gasteiger charge is 2.43. The Bertz CT molecular complexity index is 983. The number of esters is 2. The van der Waals surface area contributed by atoms with Gasteiger partial charge in [0.25, 0.3) is 0 Å². The number of carbonyl (C=O) groups excluding carboxylic acids is 2. The van der Waals surface area contributed by atoms with Gasteiger partial charge >= 0.3 is 11.9 Å². The lowest BCUT2D eigenvalue weighted by Crippen LogP contribution is -2.29. The molecule has 1 rings (SSSR count). The lowest BCUT2D eigenvalue weighted by atomic mass is 9.71. The van der Waals surface area contributed by atoms with E-state index >= 15 is 0 Å². The van der Waals surface area contributed by atoms with Crippen molar-refractivity contribution in [3.05, 3.63) is 54.6 Å². The molecule has 0 radical (unpaired) electrons. The SMILES string of the molecule is C=CCC(C(=O)OC)/C(C(=O)OC)=C(/c1ccc(OC)c(OC)c1)C(C#N)(C#N)CC=C. The summed E-state index contributed by atoms with van der Waals surface area (Å²) in [4.78, 5) is 25.6. The fourth-order valence-electron chi connectivity index (χ4n) is 3.34. The van der Waals surface area contributed by atoms with E-state index in [0.29, 0.717) is 17.1 Å². The van der Waals surface area contributed by atoms with Crippen molar-refractivity contribution in [3.8, 4) is 23.6 Å². The zero-order valence-electron chi connectivity index (χ0n) is 18.6. The molecule has 0 fully saturated rings. The molecule has 1 aromatic carbocycles. The highest BCUT2D eigenvalue weighted by Crippen LogP contribution is 2.45. The summed E-state index contributed by atoms with van der Waals surface area (Å²) in [5.41, 5.74) is -1.76. The van der Waals surface area contributed by atoms with Gasteiger partial charge in [-0.1, -0.05) is 18.2 Å². The summed E-state index contributed by atoms with van der Waals surface area (Å²) in [6.07, 6.45) is 2.72. The number of hydrogen-bond donors (Lipinski definition) is 0. The van der Waals surface area contributed by atoms with Gasteiger partial charge in [0, 0.05) is 12.0 Å². The second-order valence-electron chi connectivity index (χ2n) is 6.57. The number of carbonyl (C=O) groups is 2. The van der Waals surface area contributed by atoms with E-state index in [2.05, 4.69) is 13.2 Å². The van der Waals surface area contributed by atoms with E-state index in [4.69, 9.17) is 18.9 Å². The minimum absolute atomic E-state index is 0.00699. The number of rotatable bonds is 11. The van der Waals surface area contributed by atoms with E-state index in [1.54, 1.807) is 12.1 Å². The van der Waals surface area contributed by atoms with Crippen LogP contribution in [0.15, 0.2) is 49.1 Å². The van der Waals surface area contributed by atoms with Crippen molar-refractivity contribution >= 4 is 17.5 Å². The smallest absolute Gasteiger partial charge is 0.335 e. The van der Waals surface area contributed by atoms with Gasteiger partial charge < -0.3 is 18.9 Å². The molecular formula is C24H26N2O6. The standard InChI is InChI=1S/C24H26N2O6/c1-7-9-17(22(27)31-5)20(23(28)32-6)21(24(14-25,15-26)12-8-2)16-10-11-18(29-3)19(13-16)30-4/h7-8,10-11,13,17H,1-2,9,12H2,3-6H3/b21-20+. The molecule has 0 aliphatic heterocycles. The van der Waals surface area contributed by atoms with Crippen molar-refractivity contribution in [2.45, 2.75) is 12.8 Å². The largest absolute Gasteiger partial charge is 0.493 e. The lowest BCUT2D eigenvalue weighted by molar-refractivity contribution is -0.147. The molecule has 1 atom stereocenters. The normalized spacial score (nSPS) is 12.2. The molecule has 1 unspecified atom stereocenters. The number of nitrogens with zero attached hydrogens (tertiary/aromatic N) is 2. The first-order valence-electron chi connectivity index (χ1n) is 9.52. The predicted molar refractivity (Wildman–Crippen MR) is 117 cm³/mol. The molecule has 0 heterocycles. The van der Waals surface area contributed by atoms with Gasteiger partial charge in [-0.25, -0.2) is 4.79 Å². The summed E-state index contributed by atoms with van der Waals surface area (Å²) in [5, 5.41) is 20.2. The van der Waals surface area contributed by atoms with E-state index in [0.717, 1.165) is 7.11 Å². The summed E-state index contributed by atoms with van der Waals surface area (Å²) in [6, 6.07) is 8.64. The van der Waals surface area contributed by atoms with Gasteiger partial charge in [-0.05, 0) is 24.1 Å². The second kappa shape index (κ2) is 12.0. The molecule has 0 saturated carbocycles. The fraction of sp³-hybridized carbons (Fsp3) is 0.333. The van der Waals surface area contributed by atoms with Crippen LogP contribution in [0.3, 0.4) is 0 Å². The van der Waals surface area contributed by atoms with Crippen LogP contribution < -0.4 is 9.47 Å². The Hall–Kier alpha value is -4.04. The number of methoxy groups -OCH3 is 4. The Morgan fingerprint density at radius 1 is 1.03 bits per heavy atom. The van der Waals surface area contributed by atoms with E-state index in [1.807, 2.05) is 12.1 Å². The van der Waals surface area contributed by atoms with Crippen molar-refractivity contribution in [3.63, 3.8) is 0 Å². The van der Waals surface area contributed by atoms with Crippen LogP contribution >= 0.6 is 0 Å². The van der Waals surface area contributed by atoms with E-state index in [9.17, 15) is 20.1 Å². The monoisotopic (exact) mass is 438 g/mol. The molecular weight excluding hydrogens is 412 g/mol. The highest BCUT2D eigenvalue weighted by atomic mass is 16.5. The molecule has 0 aliphatic carbocycles. The maximum Gasteiger partial charge on any atom is 0.335 e. The minimum Gasteiger partial charge on any atom is -0.493 e. The zero-order valence-corrected chi connectivity index (χ0v) is 18.6. The van der Waals surface area contributed by atoms with Crippen LogP contribution in [0.5, 0.6) is 11.5 Å². The average Bonchev–Trinajstić information content (AvgIpc) is 2.83. The highest BCUT2D eigenvalue weighted by molar-refractivity contribution is 6.05. The molecule has 32 heavy (non-hydrogen) atoms. The molecule has 0 N–H and O–H groups in total. The molecule has 168 valence electrons. The van der Waals surface area contributed by atoms with Crippen LogP contribution in [-0.2, 0) is 19.1 Å². The Morgan fingerprint density at radius 2 is 1.66 bits per heavy atom. The number of benzene rings is 1. The number of hydrogen-bond acceptors (Lipinski definition) is 8. The van der Waals surface area contributed by atoms with Crippen LogP contribution in [0.25, 0.3) is 5.57 Å². The zero-order chi connectivity index (χ0) is 24.3. The Morgan fingerprint density at radius 3 is 2.09 bits per heavy atom. The van der Waals surface area contributed by atoms with Gasteiger partial charge in [0.2, 0.25) is 0 Å². The first kappa shape index (κ1) is 26.0. The minimum atomic E-state index is -1.86.